The predicted molar refractivity (Wildman–Crippen MR) is 389 cm³/mol. The number of carbonyl (C=O) groups excluding carboxylic acids is 8. The van der Waals surface area contributed by atoms with Gasteiger partial charge in [0.25, 0.3) is 23.6 Å². The van der Waals surface area contributed by atoms with Crippen molar-refractivity contribution in [1.82, 2.24) is 25.3 Å². The van der Waals surface area contributed by atoms with Gasteiger partial charge in [0.15, 0.2) is 48.0 Å². The summed E-state index contributed by atoms with van der Waals surface area (Å²) in [6, 6.07) is 10.6. The molecule has 29 nitrogen and oxygen atoms in total. The SMILES string of the molecule is C=C1C[C@H]2C(OC3CCCCO3)N(C(=O)OC(C)(C)C)c3cc(OCc4cc(C#CCNC(=O)CCOCCOCCOCCOCCNC(=O)CCN5C(=O)C=CC5=O)cc(COc5cc6c(cc5OC)C(=O)N5CC(C)(C)C[C@H]5[C@H](OC5CCCCO5)N6C(=O)OC(C)(C)C)c4)c(OC)cc3C(=O)N2C1. The van der Waals surface area contributed by atoms with Gasteiger partial charge in [-0.2, -0.15) is 0 Å². The van der Waals surface area contributed by atoms with E-state index in [4.69, 9.17) is 66.3 Å². The summed E-state index contributed by atoms with van der Waals surface area (Å²) < 4.78 is 85.7. The van der Waals surface area contributed by atoms with Crippen LogP contribution in [0.3, 0.4) is 0 Å². The minimum absolute atomic E-state index is 0.000672. The third-order valence-electron chi connectivity index (χ3n) is 18.4. The second-order valence-corrected chi connectivity index (χ2v) is 29.9. The van der Waals surface area contributed by atoms with Crippen LogP contribution in [-0.4, -0.2) is 224 Å². The second-order valence-electron chi connectivity index (χ2n) is 29.9. The Hall–Kier alpha value is -8.86. The Morgan fingerprint density at radius 3 is 1.60 bits per heavy atom. The molecule has 6 atom stereocenters. The summed E-state index contributed by atoms with van der Waals surface area (Å²) >= 11 is 0. The molecule has 107 heavy (non-hydrogen) atoms. The van der Waals surface area contributed by atoms with Gasteiger partial charge < -0.3 is 86.7 Å². The zero-order valence-electron chi connectivity index (χ0n) is 63.2. The van der Waals surface area contributed by atoms with E-state index in [0.717, 1.165) is 36.2 Å². The molecule has 7 heterocycles. The Labute approximate surface area is 625 Å². The summed E-state index contributed by atoms with van der Waals surface area (Å²) in [6.07, 6.45) is 3.01. The summed E-state index contributed by atoms with van der Waals surface area (Å²) in [5.74, 6) is 4.88. The van der Waals surface area contributed by atoms with Crippen LogP contribution in [0, 0.1) is 17.3 Å². The molecular weight excluding hydrogens is 1390 g/mol. The van der Waals surface area contributed by atoms with Crippen LogP contribution in [-0.2, 0) is 79.8 Å². The lowest BCUT2D eigenvalue weighted by Crippen LogP contribution is -2.54. The highest BCUT2D eigenvalue weighted by Gasteiger charge is 2.53. The van der Waals surface area contributed by atoms with Crippen LogP contribution >= 0.6 is 0 Å². The molecule has 4 saturated heterocycles. The fraction of sp³-hybridized carbons (Fsp3) is 0.590. The third-order valence-corrected chi connectivity index (χ3v) is 18.4. The van der Waals surface area contributed by atoms with Gasteiger partial charge in [0, 0.05) is 82.1 Å². The number of nitrogens with one attached hydrogen (secondary N) is 2. The number of rotatable bonds is 31. The lowest BCUT2D eigenvalue weighted by atomic mass is 9.90. The van der Waals surface area contributed by atoms with Gasteiger partial charge in [0.05, 0.1) is 108 Å². The Bertz CT molecular complexity index is 3790. The van der Waals surface area contributed by atoms with Gasteiger partial charge in [-0.3, -0.25) is 33.7 Å². The van der Waals surface area contributed by atoms with Gasteiger partial charge in [-0.05, 0) is 140 Å². The summed E-state index contributed by atoms with van der Waals surface area (Å²) in [6.45, 7) is 22.8. The maximum atomic E-state index is 15.0. The molecule has 29 heteroatoms. The first kappa shape index (κ1) is 80.7. The first-order valence-corrected chi connectivity index (χ1v) is 36.7. The first-order chi connectivity index (χ1) is 51.2. The molecule has 0 aromatic heterocycles. The molecule has 0 spiro atoms. The zero-order chi connectivity index (χ0) is 76.6. The van der Waals surface area contributed by atoms with E-state index in [2.05, 4.69) is 42.9 Å². The number of amides is 8. The zero-order valence-corrected chi connectivity index (χ0v) is 63.2. The molecule has 0 aliphatic carbocycles. The van der Waals surface area contributed by atoms with E-state index in [-0.39, 0.29) is 153 Å². The standard InChI is InChI=1S/C78H103N7O22/c1-50-37-58-72(104-68-18-12-14-27-100-68)84(74(92)106-76(2,3)4)56-43-62(60(94-10)41-54(56)70(90)82(58)46-50)102-47-52-38-51(17-16-24-79-65(87)23-29-96-31-33-98-35-36-99-34-32-97-30-25-80-64(86)22-26-81-66(88)20-21-67(81)89)39-53(40-52)48-103-63-44-57-55(42-61(63)95-11)71(91)83-49-78(8,9)45-59(83)73(105-69-19-13-15-28-101-69)85(57)75(93)107-77(5,6)7/h20-21,38-44,58-59,68-69,72-73H,1,12-15,18-19,22-37,45-49H2,2-11H3,(H,79,87)(H,80,86)/t58-,59-,68?,69?,72?,73-/m0/s1. The van der Waals surface area contributed by atoms with E-state index in [1.807, 2.05) is 18.2 Å². The van der Waals surface area contributed by atoms with E-state index < -0.39 is 72.3 Å². The summed E-state index contributed by atoms with van der Waals surface area (Å²) in [4.78, 5) is 115. The van der Waals surface area contributed by atoms with Gasteiger partial charge in [-0.25, -0.2) is 19.4 Å². The molecule has 7 aliphatic heterocycles. The van der Waals surface area contributed by atoms with Crippen molar-refractivity contribution in [3.05, 3.63) is 94.6 Å². The lowest BCUT2D eigenvalue weighted by molar-refractivity contribution is -0.196. The normalized spacial score (nSPS) is 21.2. The number of ether oxygens (including phenoxy) is 14. The molecule has 10 rings (SSSR count). The maximum Gasteiger partial charge on any atom is 0.417 e. The third kappa shape index (κ3) is 22.0. The number of anilines is 2. The fourth-order valence-corrected chi connectivity index (χ4v) is 13.5. The molecule has 2 N–H and O–H groups in total. The number of hydrogen-bond donors (Lipinski definition) is 2. The molecule has 582 valence electrons. The Balaban J connectivity index is 0.838. The van der Waals surface area contributed by atoms with Crippen LogP contribution < -0.4 is 39.4 Å². The van der Waals surface area contributed by atoms with Crippen LogP contribution in [0.2, 0.25) is 0 Å². The molecule has 3 unspecified atom stereocenters. The molecule has 8 amide bonds. The smallest absolute Gasteiger partial charge is 0.417 e. The maximum absolute atomic E-state index is 15.0. The lowest BCUT2D eigenvalue weighted by Gasteiger charge is -2.39. The average molecular weight is 1490 g/mol. The largest absolute Gasteiger partial charge is 0.493 e. The number of hydrogen-bond acceptors (Lipinski definition) is 22. The Morgan fingerprint density at radius 1 is 0.598 bits per heavy atom. The minimum Gasteiger partial charge on any atom is -0.493 e. The molecule has 0 bridgehead atoms. The molecule has 0 radical (unpaired) electrons. The van der Waals surface area contributed by atoms with Crippen molar-refractivity contribution in [1.29, 1.82) is 0 Å². The van der Waals surface area contributed by atoms with Crippen LogP contribution in [0.15, 0.2) is 66.8 Å². The van der Waals surface area contributed by atoms with Gasteiger partial charge in [0.2, 0.25) is 11.8 Å². The fourth-order valence-electron chi connectivity index (χ4n) is 13.5. The molecule has 7 aliphatic rings. The Kier molecular flexibility index (Phi) is 27.8. The van der Waals surface area contributed by atoms with Crippen molar-refractivity contribution in [2.75, 3.05) is 123 Å². The number of methoxy groups -OCH3 is 2. The van der Waals surface area contributed by atoms with Crippen LogP contribution in [0.4, 0.5) is 21.0 Å². The molecule has 4 fully saturated rings. The molecule has 3 aromatic rings. The quantitative estimate of drug-likeness (QED) is 0.0264. The van der Waals surface area contributed by atoms with E-state index >= 15 is 4.79 Å². The number of fused-ring (bicyclic) bond motifs is 4. The van der Waals surface area contributed by atoms with Crippen LogP contribution in [0.5, 0.6) is 23.0 Å². The van der Waals surface area contributed by atoms with Crippen molar-refractivity contribution in [3.8, 4) is 34.8 Å². The number of nitrogens with zero attached hydrogens (tertiary/aromatic N) is 5. The van der Waals surface area contributed by atoms with Crippen molar-refractivity contribution in [2.45, 2.75) is 181 Å². The summed E-state index contributed by atoms with van der Waals surface area (Å²) in [5.41, 5.74) is 0.982. The number of benzene rings is 3. The van der Waals surface area contributed by atoms with Crippen molar-refractivity contribution >= 4 is 59.0 Å². The molecular formula is C78H103N7O22. The predicted octanol–water partition coefficient (Wildman–Crippen LogP) is 8.48. The Morgan fingerprint density at radius 2 is 1.09 bits per heavy atom. The highest BCUT2D eigenvalue weighted by atomic mass is 16.7. The van der Waals surface area contributed by atoms with Gasteiger partial charge in [0.1, 0.15) is 24.4 Å². The van der Waals surface area contributed by atoms with Crippen LogP contribution in [0.1, 0.15) is 157 Å². The summed E-state index contributed by atoms with van der Waals surface area (Å²) in [7, 11) is 2.92. The second kappa shape index (κ2) is 36.8. The minimum atomic E-state index is -1.06. The van der Waals surface area contributed by atoms with Crippen molar-refractivity contribution < 1.29 is 105 Å². The number of carbonyl (C=O) groups is 8. The highest BCUT2D eigenvalue weighted by Crippen LogP contribution is 2.48. The van der Waals surface area contributed by atoms with Gasteiger partial charge in [-0.1, -0.05) is 37.8 Å². The van der Waals surface area contributed by atoms with Crippen molar-refractivity contribution in [3.63, 3.8) is 0 Å². The summed E-state index contributed by atoms with van der Waals surface area (Å²) in [5, 5.41) is 5.52. The number of imide groups is 1. The highest BCUT2D eigenvalue weighted by molar-refractivity contribution is 6.13. The monoisotopic (exact) mass is 1490 g/mol. The first-order valence-electron chi connectivity index (χ1n) is 36.7. The topological polar surface area (TPSA) is 306 Å². The van der Waals surface area contributed by atoms with E-state index in [1.165, 1.54) is 36.2 Å². The van der Waals surface area contributed by atoms with E-state index in [1.54, 1.807) is 75.6 Å². The van der Waals surface area contributed by atoms with Gasteiger partial charge >= 0.3 is 12.2 Å². The molecule has 3 aromatic carbocycles. The van der Waals surface area contributed by atoms with E-state index in [0.29, 0.717) is 88.6 Å². The average Bonchev–Trinajstić information content (AvgIpc) is 1.61. The van der Waals surface area contributed by atoms with E-state index in [9.17, 15) is 33.6 Å². The molecule has 0 saturated carbocycles. The van der Waals surface area contributed by atoms with Crippen LogP contribution in [0.25, 0.3) is 0 Å². The van der Waals surface area contributed by atoms with Gasteiger partial charge in [-0.15, -0.1) is 0 Å². The van der Waals surface area contributed by atoms with Crippen molar-refractivity contribution in [2.24, 2.45) is 5.41 Å².